The Morgan fingerprint density at radius 2 is 2.00 bits per heavy atom. The molecule has 2 aliphatic rings. The minimum absolute atomic E-state index is 0.436. The zero-order valence-corrected chi connectivity index (χ0v) is 14.4. The number of rotatable bonds is 6. The fourth-order valence-corrected chi connectivity index (χ4v) is 5.36. The van der Waals surface area contributed by atoms with E-state index in [2.05, 4.69) is 11.6 Å². The molecule has 0 aromatic rings. The van der Waals surface area contributed by atoms with E-state index in [1.165, 1.54) is 31.9 Å². The molecule has 2 fully saturated rings. The molecule has 1 aliphatic carbocycles. The third-order valence-corrected chi connectivity index (χ3v) is 7.47. The summed E-state index contributed by atoms with van der Waals surface area (Å²) in [6.07, 6.45) is 11.0. The van der Waals surface area contributed by atoms with E-state index in [1.54, 1.807) is 4.31 Å². The second-order valence-electron chi connectivity index (χ2n) is 6.35. The lowest BCUT2D eigenvalue weighted by molar-refractivity contribution is 0.259. The van der Waals surface area contributed by atoms with Crippen LogP contribution in [0.4, 0.5) is 0 Å². The predicted molar refractivity (Wildman–Crippen MR) is 86.7 cm³/mol. The molecule has 4 nitrogen and oxygen atoms in total. The number of piperidine rings is 1. The molecule has 6 heteroatoms. The fraction of sp³-hybridized carbons (Fsp3) is 1.00. The standard InChI is InChI=1S/C14H28N2O2S2/c1-19-14(7-3-4-8-14)12-15-10-13-6-5-9-16(11-13)20(2,17)18/h13,15H,3-12H2,1-2H3. The summed E-state index contributed by atoms with van der Waals surface area (Å²) < 4.78 is 25.3. The van der Waals surface area contributed by atoms with E-state index < -0.39 is 10.0 Å². The lowest BCUT2D eigenvalue weighted by Gasteiger charge is -2.33. The van der Waals surface area contributed by atoms with Crippen LogP contribution in [0.15, 0.2) is 0 Å². The Labute approximate surface area is 128 Å². The Balaban J connectivity index is 1.76. The van der Waals surface area contributed by atoms with E-state index in [-0.39, 0.29) is 0 Å². The zero-order valence-electron chi connectivity index (χ0n) is 12.7. The highest BCUT2D eigenvalue weighted by Crippen LogP contribution is 2.39. The summed E-state index contributed by atoms with van der Waals surface area (Å²) in [4.78, 5) is 0. The summed E-state index contributed by atoms with van der Waals surface area (Å²) in [5.74, 6) is 0.471. The minimum atomic E-state index is -3.01. The summed E-state index contributed by atoms with van der Waals surface area (Å²) in [7, 11) is -3.01. The molecular weight excluding hydrogens is 292 g/mol. The zero-order chi connectivity index (χ0) is 14.6. The fourth-order valence-electron chi connectivity index (χ4n) is 3.47. The van der Waals surface area contributed by atoms with Gasteiger partial charge in [0.15, 0.2) is 0 Å². The quantitative estimate of drug-likeness (QED) is 0.812. The second kappa shape index (κ2) is 6.99. The van der Waals surface area contributed by atoms with Crippen LogP contribution in [0, 0.1) is 5.92 Å². The molecule has 0 radical (unpaired) electrons. The van der Waals surface area contributed by atoms with Gasteiger partial charge >= 0.3 is 0 Å². The van der Waals surface area contributed by atoms with E-state index in [4.69, 9.17) is 0 Å². The van der Waals surface area contributed by atoms with Gasteiger partial charge in [-0.1, -0.05) is 12.8 Å². The largest absolute Gasteiger partial charge is 0.315 e. The molecule has 1 heterocycles. The monoisotopic (exact) mass is 320 g/mol. The van der Waals surface area contributed by atoms with Gasteiger partial charge in [0, 0.05) is 24.4 Å². The Morgan fingerprint density at radius 1 is 1.30 bits per heavy atom. The van der Waals surface area contributed by atoms with E-state index in [1.807, 2.05) is 11.8 Å². The lowest BCUT2D eigenvalue weighted by atomic mass is 9.99. The summed E-state index contributed by atoms with van der Waals surface area (Å²) >= 11 is 2.00. The summed E-state index contributed by atoms with van der Waals surface area (Å²) in [5, 5.41) is 3.62. The van der Waals surface area contributed by atoms with Gasteiger partial charge in [-0.15, -0.1) is 0 Å². The van der Waals surface area contributed by atoms with Crippen molar-refractivity contribution in [1.29, 1.82) is 0 Å². The van der Waals surface area contributed by atoms with Crippen LogP contribution in [0.3, 0.4) is 0 Å². The molecule has 0 aromatic heterocycles. The molecule has 1 saturated carbocycles. The first kappa shape index (κ1) is 16.6. The van der Waals surface area contributed by atoms with Crippen molar-refractivity contribution in [3.05, 3.63) is 0 Å². The average molecular weight is 321 g/mol. The molecule has 1 saturated heterocycles. The Kier molecular flexibility index (Phi) is 5.79. The van der Waals surface area contributed by atoms with E-state index in [0.29, 0.717) is 23.8 Å². The third-order valence-electron chi connectivity index (χ3n) is 4.78. The van der Waals surface area contributed by atoms with Gasteiger partial charge in [0.05, 0.1) is 6.26 Å². The molecule has 0 spiro atoms. The van der Waals surface area contributed by atoms with Gasteiger partial charge in [0.1, 0.15) is 0 Å². The molecule has 118 valence electrons. The first-order valence-electron chi connectivity index (χ1n) is 7.66. The Bertz CT molecular complexity index is 405. The molecule has 1 N–H and O–H groups in total. The van der Waals surface area contributed by atoms with Crippen molar-refractivity contribution in [2.24, 2.45) is 5.92 Å². The summed E-state index contributed by atoms with van der Waals surface area (Å²) in [5.41, 5.74) is 0. The van der Waals surface area contributed by atoms with E-state index in [0.717, 1.165) is 25.9 Å². The van der Waals surface area contributed by atoms with Crippen molar-refractivity contribution in [1.82, 2.24) is 9.62 Å². The van der Waals surface area contributed by atoms with Crippen molar-refractivity contribution >= 4 is 21.8 Å². The van der Waals surface area contributed by atoms with E-state index >= 15 is 0 Å². The molecule has 1 atom stereocenters. The summed E-state index contributed by atoms with van der Waals surface area (Å²) in [6.45, 7) is 3.42. The number of nitrogens with zero attached hydrogens (tertiary/aromatic N) is 1. The van der Waals surface area contributed by atoms with Gasteiger partial charge in [-0.2, -0.15) is 11.8 Å². The van der Waals surface area contributed by atoms with Gasteiger partial charge in [-0.05, 0) is 44.4 Å². The number of thioether (sulfide) groups is 1. The first-order chi connectivity index (χ1) is 9.45. The number of sulfonamides is 1. The predicted octanol–water partition coefficient (Wildman–Crippen LogP) is 1.92. The lowest BCUT2D eigenvalue weighted by Crippen LogP contribution is -2.44. The third kappa shape index (κ3) is 4.36. The molecule has 0 bridgehead atoms. The van der Waals surface area contributed by atoms with Crippen LogP contribution in [-0.2, 0) is 10.0 Å². The van der Waals surface area contributed by atoms with Crippen LogP contribution < -0.4 is 5.32 Å². The molecule has 1 aliphatic heterocycles. The maximum Gasteiger partial charge on any atom is 0.211 e. The van der Waals surface area contributed by atoms with Gasteiger partial charge in [0.2, 0.25) is 10.0 Å². The topological polar surface area (TPSA) is 49.4 Å². The van der Waals surface area contributed by atoms with Crippen molar-refractivity contribution in [2.45, 2.75) is 43.3 Å². The van der Waals surface area contributed by atoms with Crippen LogP contribution in [0.25, 0.3) is 0 Å². The van der Waals surface area contributed by atoms with E-state index in [9.17, 15) is 8.42 Å². The normalized spacial score (nSPS) is 27.8. The highest BCUT2D eigenvalue weighted by atomic mass is 32.2. The number of hydrogen-bond acceptors (Lipinski definition) is 4. The van der Waals surface area contributed by atoms with Gasteiger partial charge in [-0.3, -0.25) is 0 Å². The van der Waals surface area contributed by atoms with Gasteiger partial charge in [0.25, 0.3) is 0 Å². The smallest absolute Gasteiger partial charge is 0.211 e. The van der Waals surface area contributed by atoms with Crippen LogP contribution in [0.5, 0.6) is 0 Å². The van der Waals surface area contributed by atoms with Crippen LogP contribution in [0.2, 0.25) is 0 Å². The van der Waals surface area contributed by atoms with Crippen molar-refractivity contribution in [2.75, 3.05) is 38.7 Å². The Hall–Kier alpha value is 0.220. The molecule has 0 aromatic carbocycles. The van der Waals surface area contributed by atoms with Crippen molar-refractivity contribution < 1.29 is 8.42 Å². The summed E-state index contributed by atoms with van der Waals surface area (Å²) in [6, 6.07) is 0. The first-order valence-corrected chi connectivity index (χ1v) is 10.7. The van der Waals surface area contributed by atoms with Crippen LogP contribution in [0.1, 0.15) is 38.5 Å². The van der Waals surface area contributed by atoms with Gasteiger partial charge in [-0.25, -0.2) is 12.7 Å². The molecule has 2 rings (SSSR count). The van der Waals surface area contributed by atoms with Gasteiger partial charge < -0.3 is 5.32 Å². The average Bonchev–Trinajstić information content (AvgIpc) is 2.88. The molecule has 1 unspecified atom stereocenters. The molecular formula is C14H28N2O2S2. The number of hydrogen-bond donors (Lipinski definition) is 1. The molecule has 0 amide bonds. The van der Waals surface area contributed by atoms with Crippen LogP contribution >= 0.6 is 11.8 Å². The SMILES string of the molecule is CSC1(CNCC2CCCN(S(C)(=O)=O)C2)CCCC1. The highest BCUT2D eigenvalue weighted by Gasteiger charge is 2.33. The second-order valence-corrected chi connectivity index (χ2v) is 9.61. The minimum Gasteiger partial charge on any atom is -0.315 e. The van der Waals surface area contributed by atoms with Crippen molar-refractivity contribution in [3.8, 4) is 0 Å². The maximum absolute atomic E-state index is 11.6. The Morgan fingerprint density at radius 3 is 2.60 bits per heavy atom. The van der Waals surface area contributed by atoms with Crippen LogP contribution in [-0.4, -0.2) is 56.2 Å². The highest BCUT2D eigenvalue weighted by molar-refractivity contribution is 8.00. The van der Waals surface area contributed by atoms with Crippen molar-refractivity contribution in [3.63, 3.8) is 0 Å². The number of nitrogens with one attached hydrogen (secondary N) is 1. The maximum atomic E-state index is 11.6. The molecule has 20 heavy (non-hydrogen) atoms.